The first-order valence-corrected chi connectivity index (χ1v) is 10.7. The topological polar surface area (TPSA) is 115 Å². The van der Waals surface area contributed by atoms with Gasteiger partial charge in [-0.15, -0.1) is 0 Å². The van der Waals surface area contributed by atoms with Crippen molar-refractivity contribution in [3.63, 3.8) is 0 Å². The van der Waals surface area contributed by atoms with Crippen LogP contribution in [-0.2, 0) is 0 Å². The Morgan fingerprint density at radius 1 is 0.971 bits per heavy atom. The van der Waals surface area contributed by atoms with Crippen LogP contribution in [0, 0.1) is 23.1 Å². The molecule has 0 saturated heterocycles. The van der Waals surface area contributed by atoms with Gasteiger partial charge in [-0.05, 0) is 42.0 Å². The molecule has 0 amide bonds. The van der Waals surface area contributed by atoms with Crippen LogP contribution in [0.3, 0.4) is 0 Å². The van der Waals surface area contributed by atoms with Crippen LogP contribution in [0.2, 0.25) is 5.02 Å². The van der Waals surface area contributed by atoms with Gasteiger partial charge in [-0.2, -0.15) is 25.1 Å². The number of benzene rings is 2. The zero-order valence-electron chi connectivity index (χ0n) is 17.8. The number of anilines is 3. The third-order valence-electron chi connectivity index (χ3n) is 5.29. The molecule has 0 fully saturated rings. The average molecular weight is 489 g/mol. The maximum Gasteiger partial charge on any atom is 0.212 e. The Morgan fingerprint density at radius 2 is 1.80 bits per heavy atom. The smallest absolute Gasteiger partial charge is 0.212 e. The van der Waals surface area contributed by atoms with Crippen molar-refractivity contribution < 1.29 is 8.78 Å². The van der Waals surface area contributed by atoms with E-state index < -0.39 is 12.0 Å². The molecule has 8 nitrogen and oxygen atoms in total. The summed E-state index contributed by atoms with van der Waals surface area (Å²) in [4.78, 5) is 7.98. The summed E-state index contributed by atoms with van der Waals surface area (Å²) >= 11 is 6.57. The molecule has 5 rings (SSSR count). The molecular formula is C24H15ClF2N8. The number of nitrogens with zero attached hydrogens (tertiary/aromatic N) is 5. The van der Waals surface area contributed by atoms with Crippen LogP contribution in [0.5, 0.6) is 0 Å². The van der Waals surface area contributed by atoms with Crippen molar-refractivity contribution >= 4 is 39.6 Å². The quantitative estimate of drug-likeness (QED) is 0.270. The molecule has 11 heteroatoms. The standard InChI is InChI=1S/C24H15ClF2N8/c25-19-8-17(33-23(20-12-31-35-34-20)13-1-3-15(26)4-2-13)7-18-22(14(9-28)10-30-24(18)19)32-16-5-6-21(27)29-11-16/h1-8,10-12,23,33H,(H,30,32)(H,31,34,35). The highest BCUT2D eigenvalue weighted by Gasteiger charge is 2.19. The maximum atomic E-state index is 13.5. The van der Waals surface area contributed by atoms with E-state index in [1.54, 1.807) is 30.5 Å². The van der Waals surface area contributed by atoms with Crippen molar-refractivity contribution in [1.29, 1.82) is 5.26 Å². The van der Waals surface area contributed by atoms with Gasteiger partial charge < -0.3 is 10.6 Å². The van der Waals surface area contributed by atoms with E-state index in [0.29, 0.717) is 38.7 Å². The molecule has 0 aliphatic rings. The fourth-order valence-corrected chi connectivity index (χ4v) is 3.92. The van der Waals surface area contributed by atoms with E-state index in [9.17, 15) is 14.0 Å². The lowest BCUT2D eigenvalue weighted by Crippen LogP contribution is -2.13. The fourth-order valence-electron chi connectivity index (χ4n) is 3.66. The molecule has 1 atom stereocenters. The highest BCUT2D eigenvalue weighted by molar-refractivity contribution is 6.36. The number of fused-ring (bicyclic) bond motifs is 1. The lowest BCUT2D eigenvalue weighted by molar-refractivity contribution is 0.584. The van der Waals surface area contributed by atoms with Gasteiger partial charge in [0.15, 0.2) is 0 Å². The number of H-pyrrole nitrogens is 1. The predicted octanol–water partition coefficient (Wildman–Crippen LogP) is 5.50. The molecule has 0 radical (unpaired) electrons. The summed E-state index contributed by atoms with van der Waals surface area (Å²) in [6, 6.07) is 13.8. The minimum Gasteiger partial charge on any atom is -0.373 e. The number of aromatic nitrogens is 5. The van der Waals surface area contributed by atoms with Gasteiger partial charge in [-0.1, -0.05) is 23.7 Å². The Morgan fingerprint density at radius 3 is 2.49 bits per heavy atom. The molecule has 0 aliphatic heterocycles. The van der Waals surface area contributed by atoms with Gasteiger partial charge in [0.1, 0.15) is 17.6 Å². The van der Waals surface area contributed by atoms with Crippen LogP contribution >= 0.6 is 11.6 Å². The highest BCUT2D eigenvalue weighted by atomic mass is 35.5. The Kier molecular flexibility index (Phi) is 5.91. The molecule has 2 aromatic carbocycles. The van der Waals surface area contributed by atoms with Crippen LogP contribution in [0.1, 0.15) is 22.9 Å². The molecule has 3 aromatic heterocycles. The first-order chi connectivity index (χ1) is 17.0. The number of hydrogen-bond donors (Lipinski definition) is 3. The van der Waals surface area contributed by atoms with Crippen molar-refractivity contribution in [1.82, 2.24) is 25.4 Å². The Hall–Kier alpha value is -4.62. The number of rotatable bonds is 6. The normalized spacial score (nSPS) is 11.7. The van der Waals surface area contributed by atoms with Crippen molar-refractivity contribution in [2.75, 3.05) is 10.6 Å². The number of halogens is 3. The SMILES string of the molecule is N#Cc1cnc2c(Cl)cc(NC(c3ccc(F)cc3)c3cn[nH]n3)cc2c1Nc1ccc(F)nc1. The number of pyridine rings is 2. The summed E-state index contributed by atoms with van der Waals surface area (Å²) in [5, 5.41) is 27.7. The number of nitrogens with one attached hydrogen (secondary N) is 3. The van der Waals surface area contributed by atoms with E-state index >= 15 is 0 Å². The highest BCUT2D eigenvalue weighted by Crippen LogP contribution is 2.36. The molecule has 1 unspecified atom stereocenters. The van der Waals surface area contributed by atoms with Crippen LogP contribution in [0.4, 0.5) is 25.8 Å². The largest absolute Gasteiger partial charge is 0.373 e. The third kappa shape index (κ3) is 4.58. The summed E-state index contributed by atoms with van der Waals surface area (Å²) in [5.74, 6) is -0.979. The summed E-state index contributed by atoms with van der Waals surface area (Å²) in [5.41, 5.74) is 3.57. The van der Waals surface area contributed by atoms with Gasteiger partial charge in [-0.3, -0.25) is 4.98 Å². The lowest BCUT2D eigenvalue weighted by Gasteiger charge is -2.20. The molecule has 172 valence electrons. The molecule has 3 N–H and O–H groups in total. The van der Waals surface area contributed by atoms with Crippen molar-refractivity contribution in [3.05, 3.63) is 101 Å². The van der Waals surface area contributed by atoms with E-state index in [1.165, 1.54) is 36.7 Å². The molecule has 5 aromatic rings. The second kappa shape index (κ2) is 9.32. The van der Waals surface area contributed by atoms with E-state index in [2.05, 4.69) is 42.1 Å². The minimum absolute atomic E-state index is 0.265. The van der Waals surface area contributed by atoms with Gasteiger partial charge in [0.25, 0.3) is 0 Å². The van der Waals surface area contributed by atoms with Crippen molar-refractivity contribution in [2.24, 2.45) is 0 Å². The average Bonchev–Trinajstić information content (AvgIpc) is 3.40. The maximum absolute atomic E-state index is 13.5. The van der Waals surface area contributed by atoms with Crippen LogP contribution in [0.15, 0.2) is 67.1 Å². The van der Waals surface area contributed by atoms with Gasteiger partial charge >= 0.3 is 0 Å². The second-order valence-corrected chi connectivity index (χ2v) is 7.94. The number of nitriles is 1. The molecule has 35 heavy (non-hydrogen) atoms. The van der Waals surface area contributed by atoms with E-state index in [4.69, 9.17) is 11.6 Å². The Labute approximate surface area is 202 Å². The molecular weight excluding hydrogens is 474 g/mol. The summed E-state index contributed by atoms with van der Waals surface area (Å²) in [6.45, 7) is 0. The predicted molar refractivity (Wildman–Crippen MR) is 127 cm³/mol. The van der Waals surface area contributed by atoms with Gasteiger partial charge in [-0.25, -0.2) is 9.37 Å². The van der Waals surface area contributed by atoms with Gasteiger partial charge in [0.2, 0.25) is 5.95 Å². The summed E-state index contributed by atoms with van der Waals surface area (Å²) in [6.07, 6.45) is 4.30. The van der Waals surface area contributed by atoms with Gasteiger partial charge in [0, 0.05) is 17.3 Å². The van der Waals surface area contributed by atoms with E-state index in [1.807, 2.05) is 0 Å². The molecule has 3 heterocycles. The Balaban J connectivity index is 1.60. The summed E-state index contributed by atoms with van der Waals surface area (Å²) in [7, 11) is 0. The third-order valence-corrected chi connectivity index (χ3v) is 5.57. The van der Waals surface area contributed by atoms with Crippen LogP contribution in [-0.4, -0.2) is 25.4 Å². The molecule has 0 saturated carbocycles. The summed E-state index contributed by atoms with van der Waals surface area (Å²) < 4.78 is 26.8. The zero-order valence-corrected chi connectivity index (χ0v) is 18.6. The second-order valence-electron chi connectivity index (χ2n) is 7.53. The molecule has 0 spiro atoms. The number of aromatic amines is 1. The first kappa shape index (κ1) is 22.2. The zero-order chi connectivity index (χ0) is 24.4. The van der Waals surface area contributed by atoms with Crippen molar-refractivity contribution in [2.45, 2.75) is 6.04 Å². The van der Waals surface area contributed by atoms with E-state index in [-0.39, 0.29) is 11.4 Å². The van der Waals surface area contributed by atoms with Crippen LogP contribution in [0.25, 0.3) is 10.9 Å². The number of hydrogen-bond acceptors (Lipinski definition) is 7. The monoisotopic (exact) mass is 488 g/mol. The van der Waals surface area contributed by atoms with Crippen LogP contribution < -0.4 is 10.6 Å². The molecule has 0 aliphatic carbocycles. The lowest BCUT2D eigenvalue weighted by atomic mass is 10.0. The van der Waals surface area contributed by atoms with Gasteiger partial charge in [0.05, 0.1) is 45.9 Å². The Bertz CT molecular complexity index is 1530. The fraction of sp³-hybridized carbons (Fsp3) is 0.0417. The van der Waals surface area contributed by atoms with Crippen molar-refractivity contribution in [3.8, 4) is 6.07 Å². The first-order valence-electron chi connectivity index (χ1n) is 10.3. The minimum atomic E-state index is -0.620. The van der Waals surface area contributed by atoms with E-state index in [0.717, 1.165) is 5.56 Å². The molecule has 0 bridgehead atoms.